The number of amides is 2. The Balaban J connectivity index is 1.82. The summed E-state index contributed by atoms with van der Waals surface area (Å²) in [6.07, 6.45) is 1.57. The number of aromatic nitrogens is 1. The predicted molar refractivity (Wildman–Crippen MR) is 70.8 cm³/mol. The third kappa shape index (κ3) is 3.72. The Kier molecular flexibility index (Phi) is 4.83. The molecule has 0 radical (unpaired) electrons. The molecule has 1 aliphatic heterocycles. The average Bonchev–Trinajstić information content (AvgIpc) is 2.92. The van der Waals surface area contributed by atoms with Crippen LogP contribution in [0.25, 0.3) is 0 Å². The summed E-state index contributed by atoms with van der Waals surface area (Å²) in [6, 6.07) is 0. The first-order chi connectivity index (χ1) is 9.20. The van der Waals surface area contributed by atoms with Crippen LogP contribution in [-0.2, 0) is 9.59 Å². The lowest BCUT2D eigenvalue weighted by atomic mass is 10.3. The highest BCUT2D eigenvalue weighted by Crippen LogP contribution is 2.10. The van der Waals surface area contributed by atoms with E-state index in [1.807, 2.05) is 0 Å². The molecular weight excluding hydrogens is 268 g/mol. The minimum atomic E-state index is -0.648. The van der Waals surface area contributed by atoms with Crippen molar-refractivity contribution in [3.63, 3.8) is 0 Å². The van der Waals surface area contributed by atoms with Gasteiger partial charge in [-0.2, -0.15) is 0 Å². The Morgan fingerprint density at radius 1 is 1.37 bits per heavy atom. The lowest BCUT2D eigenvalue weighted by molar-refractivity contribution is -0.144. The van der Waals surface area contributed by atoms with E-state index >= 15 is 0 Å². The van der Waals surface area contributed by atoms with Crippen molar-refractivity contribution in [2.45, 2.75) is 0 Å². The number of anilines is 1. The molecule has 0 aromatic carbocycles. The van der Waals surface area contributed by atoms with E-state index in [4.69, 9.17) is 5.11 Å². The summed E-state index contributed by atoms with van der Waals surface area (Å²) in [7, 11) is 0. The molecular formula is C11H16N4O3S. The molecule has 1 saturated heterocycles. The van der Waals surface area contributed by atoms with Gasteiger partial charge in [-0.1, -0.05) is 0 Å². The lowest BCUT2D eigenvalue weighted by Gasteiger charge is -2.33. The second-order valence-corrected chi connectivity index (χ2v) is 5.04. The van der Waals surface area contributed by atoms with E-state index in [0.717, 1.165) is 0 Å². The Hall–Kier alpha value is -1.51. The normalized spacial score (nSPS) is 16.4. The van der Waals surface area contributed by atoms with Crippen molar-refractivity contribution in [1.82, 2.24) is 14.8 Å². The van der Waals surface area contributed by atoms with Gasteiger partial charge in [-0.05, 0) is 0 Å². The number of nitrogens with zero attached hydrogens (tertiary/aromatic N) is 3. The van der Waals surface area contributed by atoms with E-state index < -0.39 is 11.8 Å². The first-order valence-electron chi connectivity index (χ1n) is 6.03. The number of hydrogen-bond acceptors (Lipinski definition) is 6. The molecule has 1 aromatic heterocycles. The monoisotopic (exact) mass is 284 g/mol. The van der Waals surface area contributed by atoms with Crippen molar-refractivity contribution >= 4 is 28.3 Å². The van der Waals surface area contributed by atoms with Crippen molar-refractivity contribution in [3.05, 3.63) is 11.6 Å². The number of piperazine rings is 1. The molecule has 0 saturated carbocycles. The van der Waals surface area contributed by atoms with Crippen LogP contribution in [-0.4, -0.2) is 71.0 Å². The highest BCUT2D eigenvalue weighted by Gasteiger charge is 2.26. The number of carbonyl (C=O) groups is 2. The lowest BCUT2D eigenvalue weighted by Crippen LogP contribution is -2.51. The molecule has 1 aromatic rings. The van der Waals surface area contributed by atoms with Crippen LogP contribution >= 0.6 is 11.3 Å². The SMILES string of the molecule is O=C(Nc1nccs1)C(=O)N1CCN(CCO)CC1. The number of rotatable bonds is 3. The molecule has 104 valence electrons. The maximum atomic E-state index is 11.9. The first kappa shape index (κ1) is 13.9. The topological polar surface area (TPSA) is 85.8 Å². The van der Waals surface area contributed by atoms with E-state index in [0.29, 0.717) is 37.9 Å². The Morgan fingerprint density at radius 2 is 2.11 bits per heavy atom. The first-order valence-corrected chi connectivity index (χ1v) is 6.91. The average molecular weight is 284 g/mol. The van der Waals surface area contributed by atoms with Crippen LogP contribution in [0.5, 0.6) is 0 Å². The van der Waals surface area contributed by atoms with Gasteiger partial charge in [0.05, 0.1) is 6.61 Å². The van der Waals surface area contributed by atoms with Gasteiger partial charge >= 0.3 is 11.8 Å². The van der Waals surface area contributed by atoms with Gasteiger partial charge in [0.1, 0.15) is 0 Å². The Morgan fingerprint density at radius 3 is 2.68 bits per heavy atom. The molecule has 0 unspecified atom stereocenters. The third-order valence-corrected chi connectivity index (χ3v) is 3.61. The zero-order valence-corrected chi connectivity index (χ0v) is 11.2. The molecule has 2 heterocycles. The minimum Gasteiger partial charge on any atom is -0.395 e. The van der Waals surface area contributed by atoms with Crippen LogP contribution in [0.1, 0.15) is 0 Å². The molecule has 0 bridgehead atoms. The van der Waals surface area contributed by atoms with Gasteiger partial charge in [-0.15, -0.1) is 11.3 Å². The Bertz CT molecular complexity index is 429. The van der Waals surface area contributed by atoms with Crippen molar-refractivity contribution < 1.29 is 14.7 Å². The summed E-state index contributed by atoms with van der Waals surface area (Å²) in [5.41, 5.74) is 0. The van der Waals surface area contributed by atoms with Crippen LogP contribution in [0.15, 0.2) is 11.6 Å². The van der Waals surface area contributed by atoms with Gasteiger partial charge in [0.25, 0.3) is 0 Å². The molecule has 7 nitrogen and oxygen atoms in total. The second kappa shape index (κ2) is 6.60. The summed E-state index contributed by atoms with van der Waals surface area (Å²) < 4.78 is 0. The summed E-state index contributed by atoms with van der Waals surface area (Å²) >= 11 is 1.27. The van der Waals surface area contributed by atoms with Crippen LogP contribution < -0.4 is 5.32 Å². The van der Waals surface area contributed by atoms with Crippen LogP contribution in [0, 0.1) is 0 Å². The number of aliphatic hydroxyl groups excluding tert-OH is 1. The largest absolute Gasteiger partial charge is 0.395 e. The molecule has 0 spiro atoms. The van der Waals surface area contributed by atoms with E-state index in [2.05, 4.69) is 15.2 Å². The number of carbonyl (C=O) groups excluding carboxylic acids is 2. The summed E-state index contributed by atoms with van der Waals surface area (Å²) in [5.74, 6) is -1.18. The third-order valence-electron chi connectivity index (χ3n) is 2.92. The highest BCUT2D eigenvalue weighted by molar-refractivity contribution is 7.13. The molecule has 8 heteroatoms. The molecule has 19 heavy (non-hydrogen) atoms. The zero-order valence-electron chi connectivity index (χ0n) is 10.4. The number of nitrogens with one attached hydrogen (secondary N) is 1. The summed E-state index contributed by atoms with van der Waals surface area (Å²) in [5, 5.41) is 13.5. The fraction of sp³-hybridized carbons (Fsp3) is 0.545. The summed E-state index contributed by atoms with van der Waals surface area (Å²) in [6.45, 7) is 3.08. The van der Waals surface area contributed by atoms with E-state index in [9.17, 15) is 9.59 Å². The van der Waals surface area contributed by atoms with Crippen LogP contribution in [0.2, 0.25) is 0 Å². The molecule has 2 amide bonds. The van der Waals surface area contributed by atoms with Gasteiger partial charge in [0.15, 0.2) is 5.13 Å². The number of hydrogen-bond donors (Lipinski definition) is 2. The maximum Gasteiger partial charge on any atom is 0.315 e. The zero-order chi connectivity index (χ0) is 13.7. The van der Waals surface area contributed by atoms with Crippen LogP contribution in [0.3, 0.4) is 0 Å². The second-order valence-electron chi connectivity index (χ2n) is 4.15. The molecule has 2 rings (SSSR count). The Labute approximate surface area is 114 Å². The molecule has 0 aliphatic carbocycles. The standard InChI is InChI=1S/C11H16N4O3S/c16-7-6-14-2-4-15(5-3-14)10(18)9(17)13-11-12-1-8-19-11/h1,8,16H,2-7H2,(H,12,13,17). The maximum absolute atomic E-state index is 11.9. The quantitative estimate of drug-likeness (QED) is 0.711. The predicted octanol–water partition coefficient (Wildman–Crippen LogP) is -0.782. The molecule has 1 aliphatic rings. The molecule has 1 fully saturated rings. The molecule has 2 N–H and O–H groups in total. The van der Waals surface area contributed by atoms with E-state index in [1.54, 1.807) is 11.6 Å². The molecule has 0 atom stereocenters. The van der Waals surface area contributed by atoms with Crippen molar-refractivity contribution in [2.75, 3.05) is 44.6 Å². The summed E-state index contributed by atoms with van der Waals surface area (Å²) in [4.78, 5) is 31.1. The minimum absolute atomic E-state index is 0.110. The van der Waals surface area contributed by atoms with E-state index in [-0.39, 0.29) is 6.61 Å². The fourth-order valence-corrected chi connectivity index (χ4v) is 2.42. The highest BCUT2D eigenvalue weighted by atomic mass is 32.1. The van der Waals surface area contributed by atoms with Gasteiger partial charge in [-0.3, -0.25) is 19.8 Å². The van der Waals surface area contributed by atoms with Gasteiger partial charge in [-0.25, -0.2) is 4.98 Å². The number of β-amino-alcohol motifs (C(OH)–C–C–N with tert-alkyl or cyclic N) is 1. The fourth-order valence-electron chi connectivity index (χ4n) is 1.90. The van der Waals surface area contributed by atoms with E-state index in [1.165, 1.54) is 16.2 Å². The number of thiazole rings is 1. The van der Waals surface area contributed by atoms with Gasteiger partial charge in [0.2, 0.25) is 0 Å². The van der Waals surface area contributed by atoms with Gasteiger partial charge in [0, 0.05) is 44.3 Å². The van der Waals surface area contributed by atoms with Crippen molar-refractivity contribution in [1.29, 1.82) is 0 Å². The number of aliphatic hydroxyl groups is 1. The van der Waals surface area contributed by atoms with Gasteiger partial charge < -0.3 is 10.0 Å². The van der Waals surface area contributed by atoms with Crippen molar-refractivity contribution in [3.8, 4) is 0 Å². The smallest absolute Gasteiger partial charge is 0.315 e. The van der Waals surface area contributed by atoms with Crippen molar-refractivity contribution in [2.24, 2.45) is 0 Å². The van der Waals surface area contributed by atoms with Crippen LogP contribution in [0.4, 0.5) is 5.13 Å².